The summed E-state index contributed by atoms with van der Waals surface area (Å²) >= 11 is 0. The van der Waals surface area contributed by atoms with Crippen molar-refractivity contribution < 1.29 is 14.0 Å². The van der Waals surface area contributed by atoms with Crippen LogP contribution in [0.3, 0.4) is 0 Å². The molecule has 0 saturated heterocycles. The summed E-state index contributed by atoms with van der Waals surface area (Å²) in [5.74, 6) is -0.703. The molecule has 2 aromatic rings. The van der Waals surface area contributed by atoms with E-state index >= 15 is 0 Å². The Bertz CT molecular complexity index is 564. The fraction of sp³-hybridized carbons (Fsp3) is 0.0714. The molecule has 0 heterocycles. The van der Waals surface area contributed by atoms with Crippen molar-refractivity contribution in [2.75, 3.05) is 0 Å². The molecular weight excluding hydrogens is 236 g/mol. The van der Waals surface area contributed by atoms with Gasteiger partial charge in [0, 0.05) is 6.42 Å². The number of halogens is 2. The minimum atomic E-state index is -0.359. The summed E-state index contributed by atoms with van der Waals surface area (Å²) in [6, 6.07) is 11.6. The summed E-state index contributed by atoms with van der Waals surface area (Å²) in [5, 5.41) is 12.2. The molecule has 0 spiro atoms. The molecule has 2 nitrogen and oxygen atoms in total. The van der Waals surface area contributed by atoms with Crippen LogP contribution in [0.1, 0.15) is 11.1 Å². The van der Waals surface area contributed by atoms with Crippen LogP contribution < -0.4 is 0 Å². The third kappa shape index (κ3) is 2.91. The fourth-order valence-electron chi connectivity index (χ4n) is 1.68. The topological polar surface area (TPSA) is 32.6 Å². The molecule has 0 radical (unpaired) electrons. The van der Waals surface area contributed by atoms with Crippen molar-refractivity contribution in [1.82, 2.24) is 0 Å². The number of nitrogens with zero attached hydrogens (tertiary/aromatic N) is 1. The van der Waals surface area contributed by atoms with Gasteiger partial charge in [-0.05, 0) is 35.4 Å². The van der Waals surface area contributed by atoms with E-state index in [1.165, 1.54) is 36.4 Å². The highest BCUT2D eigenvalue weighted by molar-refractivity contribution is 6.01. The van der Waals surface area contributed by atoms with E-state index in [0.29, 0.717) is 16.8 Å². The highest BCUT2D eigenvalue weighted by Gasteiger charge is 2.06. The first-order valence-electron chi connectivity index (χ1n) is 5.40. The summed E-state index contributed by atoms with van der Waals surface area (Å²) in [4.78, 5) is 0. The summed E-state index contributed by atoms with van der Waals surface area (Å²) in [7, 11) is 0. The van der Waals surface area contributed by atoms with Gasteiger partial charge in [0.2, 0.25) is 0 Å². The normalized spacial score (nSPS) is 11.6. The van der Waals surface area contributed by atoms with Crippen LogP contribution in [0.4, 0.5) is 8.78 Å². The average molecular weight is 247 g/mol. The van der Waals surface area contributed by atoms with Gasteiger partial charge in [-0.15, -0.1) is 0 Å². The second-order valence-corrected chi connectivity index (χ2v) is 3.86. The highest BCUT2D eigenvalue weighted by Crippen LogP contribution is 2.11. The van der Waals surface area contributed by atoms with Gasteiger partial charge in [-0.2, -0.15) is 0 Å². The predicted molar refractivity (Wildman–Crippen MR) is 64.8 cm³/mol. The molecule has 0 atom stereocenters. The molecule has 0 aliphatic carbocycles. The lowest BCUT2D eigenvalue weighted by Gasteiger charge is -2.05. The minimum Gasteiger partial charge on any atom is -0.411 e. The average Bonchev–Trinajstić information content (AvgIpc) is 2.37. The van der Waals surface area contributed by atoms with E-state index in [4.69, 9.17) is 5.21 Å². The van der Waals surface area contributed by atoms with Crippen molar-refractivity contribution in [3.05, 3.63) is 71.3 Å². The van der Waals surface area contributed by atoms with Crippen LogP contribution in [0.15, 0.2) is 53.7 Å². The predicted octanol–water partition coefficient (Wildman–Crippen LogP) is 3.39. The van der Waals surface area contributed by atoms with E-state index in [1.807, 2.05) is 0 Å². The molecule has 0 aliphatic rings. The Morgan fingerprint density at radius 1 is 1.00 bits per heavy atom. The lowest BCUT2D eigenvalue weighted by molar-refractivity contribution is 0.318. The minimum absolute atomic E-state index is 0.278. The van der Waals surface area contributed by atoms with E-state index in [9.17, 15) is 8.78 Å². The Morgan fingerprint density at radius 3 is 2.33 bits per heavy atom. The molecule has 2 aromatic carbocycles. The van der Waals surface area contributed by atoms with Gasteiger partial charge >= 0.3 is 0 Å². The Kier molecular flexibility index (Phi) is 3.67. The SMILES string of the molecule is O/N=C(\Cc1cccc(F)c1)c1ccc(F)cc1. The van der Waals surface area contributed by atoms with Crippen LogP contribution in [0, 0.1) is 11.6 Å². The first kappa shape index (κ1) is 12.2. The number of hydrogen-bond donors (Lipinski definition) is 1. The third-order valence-corrected chi connectivity index (χ3v) is 2.56. The molecule has 18 heavy (non-hydrogen) atoms. The van der Waals surface area contributed by atoms with Gasteiger partial charge in [0.05, 0.1) is 5.71 Å². The first-order chi connectivity index (χ1) is 8.69. The van der Waals surface area contributed by atoms with Crippen molar-refractivity contribution in [1.29, 1.82) is 0 Å². The molecule has 0 bridgehead atoms. The Morgan fingerprint density at radius 2 is 1.72 bits per heavy atom. The molecule has 92 valence electrons. The monoisotopic (exact) mass is 247 g/mol. The van der Waals surface area contributed by atoms with Gasteiger partial charge in [0.1, 0.15) is 11.6 Å². The lowest BCUT2D eigenvalue weighted by Crippen LogP contribution is -2.05. The molecule has 1 N–H and O–H groups in total. The number of rotatable bonds is 3. The van der Waals surface area contributed by atoms with Crippen LogP contribution in [0.5, 0.6) is 0 Å². The lowest BCUT2D eigenvalue weighted by atomic mass is 10.0. The molecule has 4 heteroatoms. The maximum Gasteiger partial charge on any atom is 0.123 e. The second kappa shape index (κ2) is 5.40. The van der Waals surface area contributed by atoms with Crippen molar-refractivity contribution in [3.63, 3.8) is 0 Å². The van der Waals surface area contributed by atoms with Crippen molar-refractivity contribution in [3.8, 4) is 0 Å². The number of oxime groups is 1. The van der Waals surface area contributed by atoms with Crippen molar-refractivity contribution >= 4 is 5.71 Å². The molecule has 2 rings (SSSR count). The van der Waals surface area contributed by atoms with E-state index in [-0.39, 0.29) is 18.1 Å². The van der Waals surface area contributed by atoms with Crippen molar-refractivity contribution in [2.45, 2.75) is 6.42 Å². The summed E-state index contributed by atoms with van der Waals surface area (Å²) in [6.45, 7) is 0. The Balaban J connectivity index is 2.23. The van der Waals surface area contributed by atoms with Gasteiger partial charge in [-0.25, -0.2) is 8.78 Å². The van der Waals surface area contributed by atoms with Gasteiger partial charge < -0.3 is 5.21 Å². The quantitative estimate of drug-likeness (QED) is 0.503. The Labute approximate surface area is 103 Å². The van der Waals surface area contributed by atoms with Gasteiger partial charge in [-0.1, -0.05) is 29.4 Å². The van der Waals surface area contributed by atoms with Crippen molar-refractivity contribution in [2.24, 2.45) is 5.16 Å². The van der Waals surface area contributed by atoms with Crippen LogP contribution in [0.25, 0.3) is 0 Å². The maximum atomic E-state index is 13.0. The molecule has 0 fully saturated rings. The van der Waals surface area contributed by atoms with E-state index in [0.717, 1.165) is 0 Å². The zero-order valence-electron chi connectivity index (χ0n) is 9.48. The number of benzene rings is 2. The van der Waals surface area contributed by atoms with E-state index in [1.54, 1.807) is 12.1 Å². The van der Waals surface area contributed by atoms with E-state index in [2.05, 4.69) is 5.16 Å². The molecule has 0 saturated carbocycles. The molecule has 0 aromatic heterocycles. The summed E-state index contributed by atoms with van der Waals surface area (Å²) in [5.41, 5.74) is 1.65. The zero-order chi connectivity index (χ0) is 13.0. The smallest absolute Gasteiger partial charge is 0.123 e. The van der Waals surface area contributed by atoms with Gasteiger partial charge in [-0.3, -0.25) is 0 Å². The van der Waals surface area contributed by atoms with Gasteiger partial charge in [0.15, 0.2) is 0 Å². The van der Waals surface area contributed by atoms with Crippen LogP contribution in [0.2, 0.25) is 0 Å². The van der Waals surface area contributed by atoms with Gasteiger partial charge in [0.25, 0.3) is 0 Å². The summed E-state index contributed by atoms with van der Waals surface area (Å²) < 4.78 is 25.8. The molecule has 0 amide bonds. The highest BCUT2D eigenvalue weighted by atomic mass is 19.1. The van der Waals surface area contributed by atoms with Crippen LogP contribution in [-0.2, 0) is 6.42 Å². The van der Waals surface area contributed by atoms with Crippen LogP contribution in [-0.4, -0.2) is 10.9 Å². The molecule has 0 unspecified atom stereocenters. The molecule has 0 aliphatic heterocycles. The molecular formula is C14H11F2NO. The standard InChI is InChI=1S/C14H11F2NO/c15-12-6-4-11(5-7-12)14(17-18)9-10-2-1-3-13(16)8-10/h1-8,18H,9H2/b17-14+. The largest absolute Gasteiger partial charge is 0.411 e. The summed E-state index contributed by atoms with van der Waals surface area (Å²) in [6.07, 6.45) is 0.278. The van der Waals surface area contributed by atoms with Crippen LogP contribution >= 0.6 is 0 Å². The Hall–Kier alpha value is -2.23. The second-order valence-electron chi connectivity index (χ2n) is 3.86. The zero-order valence-corrected chi connectivity index (χ0v) is 9.48. The third-order valence-electron chi connectivity index (χ3n) is 2.56. The number of hydrogen-bond acceptors (Lipinski definition) is 2. The maximum absolute atomic E-state index is 13.0. The fourth-order valence-corrected chi connectivity index (χ4v) is 1.68. The first-order valence-corrected chi connectivity index (χ1v) is 5.40. The van der Waals surface area contributed by atoms with E-state index < -0.39 is 0 Å².